The Kier molecular flexibility index (Phi) is 6.32. The Labute approximate surface area is 193 Å². The first-order chi connectivity index (χ1) is 16.3. The van der Waals surface area contributed by atoms with Crippen LogP contribution in [0.4, 0.5) is 0 Å². The summed E-state index contributed by atoms with van der Waals surface area (Å²) >= 11 is 0. The molecule has 7 heteroatoms. The van der Waals surface area contributed by atoms with Gasteiger partial charge in [0, 0.05) is 43.9 Å². The number of hydroxylamine groups is 2. The first-order valence-corrected chi connectivity index (χ1v) is 11.1. The average Bonchev–Trinajstić information content (AvgIpc) is 3.37. The molecule has 2 heterocycles. The standard InChI is InChI=1S/C26H27N5O2/c1-32-23-12-10-21(11-13-23)25-27-26(29-28-25)22-7-5-6-20(18-22)19-30-14-16-31(17-15-30)33-24-8-3-2-4-9-24/h2-13,18H,14-17,19H2,1H3,(H,27,28,29). The van der Waals surface area contributed by atoms with Crippen LogP contribution in [0.2, 0.25) is 0 Å². The van der Waals surface area contributed by atoms with Crippen molar-refractivity contribution in [1.82, 2.24) is 25.1 Å². The van der Waals surface area contributed by atoms with Crippen LogP contribution in [0, 0.1) is 0 Å². The van der Waals surface area contributed by atoms with Gasteiger partial charge >= 0.3 is 0 Å². The van der Waals surface area contributed by atoms with Gasteiger partial charge in [0.25, 0.3) is 0 Å². The minimum Gasteiger partial charge on any atom is -0.497 e. The normalized spacial score (nSPS) is 14.8. The van der Waals surface area contributed by atoms with Gasteiger partial charge in [0.2, 0.25) is 0 Å². The highest BCUT2D eigenvalue weighted by atomic mass is 16.7. The quantitative estimate of drug-likeness (QED) is 0.462. The number of piperazine rings is 1. The monoisotopic (exact) mass is 441 g/mol. The van der Waals surface area contributed by atoms with Gasteiger partial charge in [-0.2, -0.15) is 5.10 Å². The van der Waals surface area contributed by atoms with E-state index >= 15 is 0 Å². The molecule has 1 saturated heterocycles. The van der Waals surface area contributed by atoms with E-state index in [2.05, 4.69) is 39.4 Å². The molecule has 1 fully saturated rings. The molecule has 3 aromatic carbocycles. The van der Waals surface area contributed by atoms with E-state index in [1.165, 1.54) is 5.56 Å². The van der Waals surface area contributed by atoms with Crippen molar-refractivity contribution in [2.45, 2.75) is 6.54 Å². The van der Waals surface area contributed by atoms with Gasteiger partial charge < -0.3 is 9.57 Å². The summed E-state index contributed by atoms with van der Waals surface area (Å²) in [5.41, 5.74) is 3.23. The van der Waals surface area contributed by atoms with Crippen molar-refractivity contribution in [1.29, 1.82) is 0 Å². The fourth-order valence-corrected chi connectivity index (χ4v) is 3.95. The zero-order valence-corrected chi connectivity index (χ0v) is 18.6. The summed E-state index contributed by atoms with van der Waals surface area (Å²) in [6, 6.07) is 26.2. The molecule has 0 unspecified atom stereocenters. The molecule has 1 aliphatic rings. The maximum Gasteiger partial charge on any atom is 0.181 e. The van der Waals surface area contributed by atoms with Crippen LogP contribution in [0.5, 0.6) is 11.5 Å². The molecule has 0 spiro atoms. The van der Waals surface area contributed by atoms with Gasteiger partial charge in [-0.25, -0.2) is 4.98 Å². The molecule has 0 atom stereocenters. The van der Waals surface area contributed by atoms with Crippen molar-refractivity contribution in [2.24, 2.45) is 0 Å². The highest BCUT2D eigenvalue weighted by Crippen LogP contribution is 2.23. The van der Waals surface area contributed by atoms with Crippen molar-refractivity contribution >= 4 is 0 Å². The van der Waals surface area contributed by atoms with Crippen molar-refractivity contribution < 1.29 is 9.57 Å². The lowest BCUT2D eigenvalue weighted by atomic mass is 10.1. The van der Waals surface area contributed by atoms with Crippen LogP contribution in [0.3, 0.4) is 0 Å². The molecule has 0 aliphatic carbocycles. The average molecular weight is 442 g/mol. The van der Waals surface area contributed by atoms with Crippen LogP contribution >= 0.6 is 0 Å². The number of hydrogen-bond acceptors (Lipinski definition) is 6. The van der Waals surface area contributed by atoms with E-state index in [1.54, 1.807) is 7.11 Å². The number of aromatic nitrogens is 3. The Bertz CT molecular complexity index is 1170. The highest BCUT2D eigenvalue weighted by Gasteiger charge is 2.19. The van der Waals surface area contributed by atoms with Gasteiger partial charge in [-0.15, -0.1) is 5.06 Å². The molecular weight excluding hydrogens is 414 g/mol. The number of rotatable bonds is 7. The number of ether oxygens (including phenoxy) is 1. The van der Waals surface area contributed by atoms with E-state index in [1.807, 2.05) is 59.7 Å². The van der Waals surface area contributed by atoms with Crippen LogP contribution in [0.25, 0.3) is 22.8 Å². The van der Waals surface area contributed by atoms with Crippen LogP contribution in [-0.2, 0) is 6.54 Å². The van der Waals surface area contributed by atoms with Crippen LogP contribution in [-0.4, -0.2) is 58.4 Å². The molecule has 4 aromatic rings. The molecule has 1 aromatic heterocycles. The van der Waals surface area contributed by atoms with E-state index in [9.17, 15) is 0 Å². The number of para-hydroxylation sites is 1. The second-order valence-corrected chi connectivity index (χ2v) is 8.05. The molecule has 0 saturated carbocycles. The second-order valence-electron chi connectivity index (χ2n) is 8.05. The lowest BCUT2D eigenvalue weighted by Crippen LogP contribution is -2.47. The van der Waals surface area contributed by atoms with Gasteiger partial charge in [-0.05, 0) is 48.0 Å². The summed E-state index contributed by atoms with van der Waals surface area (Å²) in [6.45, 7) is 4.56. The predicted octanol–water partition coefficient (Wildman–Crippen LogP) is 4.26. The summed E-state index contributed by atoms with van der Waals surface area (Å²) in [6.07, 6.45) is 0. The number of methoxy groups -OCH3 is 1. The van der Waals surface area contributed by atoms with Gasteiger partial charge in [-0.3, -0.25) is 10.00 Å². The lowest BCUT2D eigenvalue weighted by Gasteiger charge is -2.34. The van der Waals surface area contributed by atoms with Gasteiger partial charge in [0.15, 0.2) is 11.6 Å². The molecule has 5 rings (SSSR count). The van der Waals surface area contributed by atoms with Crippen LogP contribution in [0.1, 0.15) is 5.56 Å². The number of nitrogens with one attached hydrogen (secondary N) is 1. The van der Waals surface area contributed by atoms with Crippen molar-refractivity contribution in [3.63, 3.8) is 0 Å². The van der Waals surface area contributed by atoms with E-state index in [0.717, 1.165) is 61.2 Å². The first kappa shape index (κ1) is 21.2. The number of H-pyrrole nitrogens is 1. The summed E-state index contributed by atoms with van der Waals surface area (Å²) in [4.78, 5) is 13.1. The van der Waals surface area contributed by atoms with Crippen molar-refractivity contribution in [3.8, 4) is 34.3 Å². The SMILES string of the molecule is COc1ccc(-c2nc(-c3cccc(CN4CCN(Oc5ccccc5)CC4)c3)n[nH]2)cc1. The number of aromatic amines is 1. The third-order valence-electron chi connectivity index (χ3n) is 5.75. The summed E-state index contributed by atoms with van der Waals surface area (Å²) in [7, 11) is 1.66. The van der Waals surface area contributed by atoms with Crippen molar-refractivity contribution in [3.05, 3.63) is 84.4 Å². The van der Waals surface area contributed by atoms with E-state index in [4.69, 9.17) is 14.6 Å². The fraction of sp³-hybridized carbons (Fsp3) is 0.231. The van der Waals surface area contributed by atoms with Crippen molar-refractivity contribution in [2.75, 3.05) is 33.3 Å². The molecule has 7 nitrogen and oxygen atoms in total. The minimum absolute atomic E-state index is 0.698. The van der Waals surface area contributed by atoms with Crippen LogP contribution < -0.4 is 9.57 Å². The summed E-state index contributed by atoms with van der Waals surface area (Å²) in [5.74, 6) is 3.15. The number of benzene rings is 3. The smallest absolute Gasteiger partial charge is 0.181 e. The first-order valence-electron chi connectivity index (χ1n) is 11.1. The maximum absolute atomic E-state index is 5.96. The topological polar surface area (TPSA) is 66.5 Å². The van der Waals surface area contributed by atoms with Gasteiger partial charge in [0.1, 0.15) is 11.5 Å². The summed E-state index contributed by atoms with van der Waals surface area (Å²) in [5, 5.41) is 9.53. The second kappa shape index (κ2) is 9.85. The Morgan fingerprint density at radius 2 is 1.61 bits per heavy atom. The molecule has 0 amide bonds. The minimum atomic E-state index is 0.698. The maximum atomic E-state index is 5.96. The molecule has 1 N–H and O–H groups in total. The lowest BCUT2D eigenvalue weighted by molar-refractivity contribution is -0.0896. The predicted molar refractivity (Wildman–Crippen MR) is 128 cm³/mol. The number of nitrogens with zero attached hydrogens (tertiary/aromatic N) is 4. The highest BCUT2D eigenvalue weighted by molar-refractivity contribution is 5.62. The fourth-order valence-electron chi connectivity index (χ4n) is 3.95. The van der Waals surface area contributed by atoms with Gasteiger partial charge in [0.05, 0.1) is 7.11 Å². The van der Waals surface area contributed by atoms with E-state index < -0.39 is 0 Å². The molecule has 0 bridgehead atoms. The summed E-state index contributed by atoms with van der Waals surface area (Å²) < 4.78 is 5.23. The van der Waals surface area contributed by atoms with E-state index in [0.29, 0.717) is 5.82 Å². The Morgan fingerprint density at radius 1 is 0.818 bits per heavy atom. The van der Waals surface area contributed by atoms with E-state index in [-0.39, 0.29) is 0 Å². The molecular formula is C26H27N5O2. The Morgan fingerprint density at radius 3 is 2.36 bits per heavy atom. The third kappa shape index (κ3) is 5.22. The molecule has 1 aliphatic heterocycles. The molecule has 33 heavy (non-hydrogen) atoms. The zero-order valence-electron chi connectivity index (χ0n) is 18.6. The third-order valence-corrected chi connectivity index (χ3v) is 5.75. The number of hydrogen-bond donors (Lipinski definition) is 1. The Balaban J connectivity index is 1.20. The zero-order chi connectivity index (χ0) is 22.5. The Hall–Kier alpha value is -3.68. The van der Waals surface area contributed by atoms with Crippen LogP contribution in [0.15, 0.2) is 78.9 Å². The largest absolute Gasteiger partial charge is 0.497 e. The van der Waals surface area contributed by atoms with Gasteiger partial charge in [-0.1, -0.05) is 36.4 Å². The molecule has 168 valence electrons. The molecule has 0 radical (unpaired) electrons.